The molecule has 13 N–H and O–H groups in total. The fourth-order valence-corrected chi connectivity index (χ4v) is 4.23. The summed E-state index contributed by atoms with van der Waals surface area (Å²) in [5.74, 6) is 0.802. The lowest BCUT2D eigenvalue weighted by atomic mass is 9.99. The molecule has 9 nitrogen and oxygen atoms in total. The molecule has 2 heterocycles. The number of piperidine rings is 2. The number of aliphatic hydroxyl groups excluding tert-OH is 1. The van der Waals surface area contributed by atoms with Crippen LogP contribution in [0.3, 0.4) is 0 Å². The van der Waals surface area contributed by atoms with Gasteiger partial charge in [-0.2, -0.15) is 0 Å². The fourth-order valence-electron chi connectivity index (χ4n) is 4.23. The quantitative estimate of drug-likeness (QED) is 0.0851. The Morgan fingerprint density at radius 1 is 0.610 bits per heavy atom. The van der Waals surface area contributed by atoms with Gasteiger partial charge in [0.2, 0.25) is 0 Å². The average molecular weight is 591 g/mol. The zero-order valence-electron chi connectivity index (χ0n) is 28.0. The number of nitrogens with one attached hydrogen (secondary N) is 4. The van der Waals surface area contributed by atoms with E-state index in [-0.39, 0.29) is 6.61 Å². The Morgan fingerprint density at radius 3 is 1.54 bits per heavy atom. The van der Waals surface area contributed by atoms with Crippen molar-refractivity contribution in [3.8, 4) is 0 Å². The van der Waals surface area contributed by atoms with Crippen molar-refractivity contribution in [1.82, 2.24) is 21.5 Å². The molecule has 0 spiro atoms. The molecule has 0 aromatic heterocycles. The predicted molar refractivity (Wildman–Crippen MR) is 183 cm³/mol. The van der Waals surface area contributed by atoms with E-state index >= 15 is 0 Å². The maximum atomic E-state index is 8.26. The van der Waals surface area contributed by atoms with Crippen LogP contribution in [0.1, 0.15) is 130 Å². The molecule has 1 atom stereocenters. The number of hydrazine groups is 1. The van der Waals surface area contributed by atoms with Crippen LogP contribution >= 0.6 is 0 Å². The number of unbranched alkanes of at least 4 members (excludes halogenated alkanes) is 9. The highest BCUT2D eigenvalue weighted by Gasteiger charge is 2.09. The van der Waals surface area contributed by atoms with Crippen molar-refractivity contribution in [1.29, 1.82) is 0 Å². The number of hydrogen-bond donors (Lipinski definition) is 9. The van der Waals surface area contributed by atoms with Crippen molar-refractivity contribution in [2.75, 3.05) is 65.5 Å². The lowest BCUT2D eigenvalue weighted by molar-refractivity contribution is 0.283. The van der Waals surface area contributed by atoms with Gasteiger partial charge in [0.25, 0.3) is 0 Å². The molecule has 252 valence electrons. The van der Waals surface area contributed by atoms with E-state index < -0.39 is 0 Å². The summed E-state index contributed by atoms with van der Waals surface area (Å²) in [6, 6.07) is 0.615. The Morgan fingerprint density at radius 2 is 1.17 bits per heavy atom. The zero-order valence-corrected chi connectivity index (χ0v) is 28.0. The molecular formula is C32H78N8O. The number of rotatable bonds is 18. The van der Waals surface area contributed by atoms with E-state index in [9.17, 15) is 0 Å². The Kier molecular flexibility index (Phi) is 48.5. The first-order valence-corrected chi connectivity index (χ1v) is 17.4. The van der Waals surface area contributed by atoms with Crippen molar-refractivity contribution in [2.24, 2.45) is 28.9 Å². The molecule has 9 heteroatoms. The minimum atomic E-state index is 0.191. The zero-order chi connectivity index (χ0) is 31.1. The summed E-state index contributed by atoms with van der Waals surface area (Å²) >= 11 is 0. The lowest BCUT2D eigenvalue weighted by Crippen LogP contribution is -2.39. The molecule has 41 heavy (non-hydrogen) atoms. The van der Waals surface area contributed by atoms with Crippen molar-refractivity contribution >= 4 is 0 Å². The van der Waals surface area contributed by atoms with Gasteiger partial charge in [-0.1, -0.05) is 85.0 Å². The largest absolute Gasteiger partial charge is 0.395 e. The second-order valence-corrected chi connectivity index (χ2v) is 11.1. The van der Waals surface area contributed by atoms with Gasteiger partial charge in [-0.15, -0.1) is 0 Å². The van der Waals surface area contributed by atoms with Crippen LogP contribution in [0.25, 0.3) is 0 Å². The maximum Gasteiger partial charge on any atom is 0.0569 e. The van der Waals surface area contributed by atoms with E-state index in [2.05, 4.69) is 42.3 Å². The van der Waals surface area contributed by atoms with E-state index in [0.717, 1.165) is 51.5 Å². The smallest absolute Gasteiger partial charge is 0.0569 e. The second kappa shape index (κ2) is 44.1. The topological polar surface area (TPSA) is 172 Å². The van der Waals surface area contributed by atoms with E-state index in [1.807, 2.05) is 0 Å². The highest BCUT2D eigenvalue weighted by molar-refractivity contribution is 4.71. The molecule has 0 radical (unpaired) electrons. The van der Waals surface area contributed by atoms with Crippen molar-refractivity contribution in [3.05, 3.63) is 0 Å². The van der Waals surface area contributed by atoms with Crippen LogP contribution in [-0.2, 0) is 0 Å². The minimum Gasteiger partial charge on any atom is -0.395 e. The predicted octanol–water partition coefficient (Wildman–Crippen LogP) is 3.74. The highest BCUT2D eigenvalue weighted by atomic mass is 16.3. The number of nitrogens with two attached hydrogens (primary N) is 4. The van der Waals surface area contributed by atoms with Crippen molar-refractivity contribution in [2.45, 2.75) is 136 Å². The van der Waals surface area contributed by atoms with Gasteiger partial charge in [0.15, 0.2) is 0 Å². The summed E-state index contributed by atoms with van der Waals surface area (Å²) in [4.78, 5) is 0. The molecule has 0 aromatic rings. The van der Waals surface area contributed by atoms with Gasteiger partial charge in [0, 0.05) is 25.7 Å². The van der Waals surface area contributed by atoms with Gasteiger partial charge in [0.05, 0.1) is 6.61 Å². The Labute approximate surface area is 256 Å². The monoisotopic (exact) mass is 591 g/mol. The van der Waals surface area contributed by atoms with Crippen LogP contribution in [0.5, 0.6) is 0 Å². The van der Waals surface area contributed by atoms with Gasteiger partial charge in [-0.3, -0.25) is 10.9 Å². The third-order valence-electron chi connectivity index (χ3n) is 7.07. The molecule has 2 saturated heterocycles. The third-order valence-corrected chi connectivity index (χ3v) is 7.07. The molecule has 2 aliphatic heterocycles. The summed E-state index contributed by atoms with van der Waals surface area (Å²) in [6.45, 7) is 15.1. The normalized spacial score (nSPS) is 16.5. The lowest BCUT2D eigenvalue weighted by Gasteiger charge is -2.21. The van der Waals surface area contributed by atoms with Crippen LogP contribution in [0, 0.1) is 5.92 Å². The maximum absolute atomic E-state index is 8.26. The van der Waals surface area contributed by atoms with E-state index in [1.165, 1.54) is 116 Å². The number of aliphatic hydroxyl groups is 1. The molecule has 2 rings (SSSR count). The average Bonchev–Trinajstić information content (AvgIpc) is 3.04. The minimum absolute atomic E-state index is 0.191. The standard InChI is InChI=1S/C12H27N.2C6H14N2.C5H14N2O.C3H9N/c1-2-3-4-5-6-7-8-9-10-11-12-13;7-5-6-1-3-8-4-2-6;7-5-6-3-1-2-4-8-6;1-2-3-6-7-4-5-8;1-2-3-4/h2-13H2,1H3;2*6,8H,1-5,7H2;6-8H,2-5H2,1H3;2-4H2,1H3. The van der Waals surface area contributed by atoms with Crippen LogP contribution in [0.2, 0.25) is 0 Å². The molecule has 0 aliphatic carbocycles. The van der Waals surface area contributed by atoms with Gasteiger partial charge in [0.1, 0.15) is 0 Å². The molecule has 0 aromatic carbocycles. The van der Waals surface area contributed by atoms with Crippen molar-refractivity contribution < 1.29 is 5.11 Å². The van der Waals surface area contributed by atoms with Crippen LogP contribution in [0.4, 0.5) is 0 Å². The fraction of sp³-hybridized carbons (Fsp3) is 1.00. The molecule has 0 amide bonds. The Balaban J connectivity index is -0.000000459. The molecule has 0 saturated carbocycles. The van der Waals surface area contributed by atoms with Crippen molar-refractivity contribution in [3.63, 3.8) is 0 Å². The van der Waals surface area contributed by atoms with Gasteiger partial charge in [-0.25, -0.2) is 0 Å². The SMILES string of the molecule is CCCCCCCCCCCCN.CCCN.CCCNNCCO.NCC1CCCCN1.NCC1CCNCC1. The summed E-state index contributed by atoms with van der Waals surface area (Å²) in [7, 11) is 0. The van der Waals surface area contributed by atoms with Gasteiger partial charge < -0.3 is 38.7 Å². The second-order valence-electron chi connectivity index (χ2n) is 11.1. The Hall–Kier alpha value is -0.360. The molecule has 2 aliphatic rings. The van der Waals surface area contributed by atoms with E-state index in [0.29, 0.717) is 12.6 Å². The summed E-state index contributed by atoms with van der Waals surface area (Å²) in [5, 5.41) is 14.9. The van der Waals surface area contributed by atoms with Crippen LogP contribution in [0.15, 0.2) is 0 Å². The first kappa shape index (κ1) is 45.1. The van der Waals surface area contributed by atoms with E-state index in [4.69, 9.17) is 28.0 Å². The summed E-state index contributed by atoms with van der Waals surface area (Å²) < 4.78 is 0. The molecular weight excluding hydrogens is 512 g/mol. The van der Waals surface area contributed by atoms with E-state index in [1.54, 1.807) is 0 Å². The highest BCUT2D eigenvalue weighted by Crippen LogP contribution is 2.10. The van der Waals surface area contributed by atoms with Crippen LogP contribution < -0.4 is 44.4 Å². The summed E-state index contributed by atoms with van der Waals surface area (Å²) in [5.41, 5.74) is 27.1. The Bertz CT molecular complexity index is 373. The van der Waals surface area contributed by atoms with Crippen LogP contribution in [-0.4, -0.2) is 76.7 Å². The summed E-state index contributed by atoms with van der Waals surface area (Å²) in [6.07, 6.45) is 22.6. The molecule has 1 unspecified atom stereocenters. The van der Waals surface area contributed by atoms with Gasteiger partial charge >= 0.3 is 0 Å². The first-order valence-electron chi connectivity index (χ1n) is 17.4. The number of hydrogen-bond acceptors (Lipinski definition) is 9. The van der Waals surface area contributed by atoms with Gasteiger partial charge in [-0.05, 0) is 90.1 Å². The third kappa shape index (κ3) is 44.2. The molecule has 0 bridgehead atoms. The molecule has 2 fully saturated rings. The first-order chi connectivity index (χ1) is 20.1.